The third-order valence-electron chi connectivity index (χ3n) is 3.16. The van der Waals surface area contributed by atoms with E-state index >= 15 is 0 Å². The average Bonchev–Trinajstić information content (AvgIpc) is 2.77. The molecule has 100 valence electrons. The van der Waals surface area contributed by atoms with Crippen LogP contribution in [0.4, 0.5) is 5.82 Å². The lowest BCUT2D eigenvalue weighted by Gasteiger charge is -2.04. The molecule has 0 unspecified atom stereocenters. The lowest BCUT2D eigenvalue weighted by atomic mass is 10.0. The quantitative estimate of drug-likeness (QED) is 0.783. The minimum absolute atomic E-state index is 0.635. The predicted molar refractivity (Wildman–Crippen MR) is 84.0 cm³/mol. The van der Waals surface area contributed by atoms with Gasteiger partial charge in [0.25, 0.3) is 0 Å². The van der Waals surface area contributed by atoms with Crippen molar-refractivity contribution in [1.29, 1.82) is 0 Å². The molecule has 0 spiro atoms. The number of hydrogen-bond acceptors (Lipinski definition) is 3. The van der Waals surface area contributed by atoms with Crippen LogP contribution in [0.3, 0.4) is 0 Å². The number of hydrogen-bond donors (Lipinski definition) is 1. The molecule has 0 saturated carbocycles. The average molecular weight is 329 g/mol. The molecule has 0 amide bonds. The van der Waals surface area contributed by atoms with Crippen molar-refractivity contribution in [1.82, 2.24) is 14.8 Å². The SMILES string of the molecule is Cn1nc(-c2ccc(Br)cc2)c(-c2cccnc2)c1N. The second kappa shape index (κ2) is 5.09. The first-order valence-corrected chi connectivity index (χ1v) is 6.95. The van der Waals surface area contributed by atoms with Crippen molar-refractivity contribution in [2.24, 2.45) is 7.05 Å². The normalized spacial score (nSPS) is 10.7. The van der Waals surface area contributed by atoms with E-state index in [2.05, 4.69) is 26.0 Å². The fraction of sp³-hybridized carbons (Fsp3) is 0.0667. The number of aryl methyl sites for hydroxylation is 1. The van der Waals surface area contributed by atoms with Crippen LogP contribution >= 0.6 is 15.9 Å². The van der Waals surface area contributed by atoms with Gasteiger partial charge in [-0.15, -0.1) is 0 Å². The lowest BCUT2D eigenvalue weighted by Crippen LogP contribution is -1.98. The molecule has 0 aliphatic carbocycles. The van der Waals surface area contributed by atoms with E-state index in [1.54, 1.807) is 17.1 Å². The van der Waals surface area contributed by atoms with Crippen molar-refractivity contribution < 1.29 is 0 Å². The van der Waals surface area contributed by atoms with Gasteiger partial charge < -0.3 is 5.73 Å². The number of nitrogens with two attached hydrogens (primary N) is 1. The molecule has 0 saturated heterocycles. The van der Waals surface area contributed by atoms with Gasteiger partial charge in [0.15, 0.2) is 0 Å². The lowest BCUT2D eigenvalue weighted by molar-refractivity contribution is 0.782. The highest BCUT2D eigenvalue weighted by Crippen LogP contribution is 2.35. The number of halogens is 1. The van der Waals surface area contributed by atoms with Gasteiger partial charge in [-0.1, -0.05) is 34.1 Å². The summed E-state index contributed by atoms with van der Waals surface area (Å²) in [5.41, 5.74) is 9.95. The Bertz CT molecular complexity index is 733. The molecule has 2 N–H and O–H groups in total. The molecule has 0 aliphatic heterocycles. The van der Waals surface area contributed by atoms with E-state index in [1.165, 1.54) is 0 Å². The zero-order valence-electron chi connectivity index (χ0n) is 10.9. The molecule has 2 heterocycles. The first-order valence-electron chi connectivity index (χ1n) is 6.15. The van der Waals surface area contributed by atoms with Crippen molar-refractivity contribution in [3.05, 3.63) is 53.3 Å². The van der Waals surface area contributed by atoms with E-state index in [4.69, 9.17) is 5.73 Å². The molecule has 0 aliphatic rings. The molecule has 0 radical (unpaired) electrons. The molecule has 1 aromatic carbocycles. The van der Waals surface area contributed by atoms with Crippen molar-refractivity contribution >= 4 is 21.7 Å². The van der Waals surface area contributed by atoms with Crippen LogP contribution in [0, 0.1) is 0 Å². The van der Waals surface area contributed by atoms with Crippen LogP contribution < -0.4 is 5.73 Å². The summed E-state index contributed by atoms with van der Waals surface area (Å²) in [5, 5.41) is 4.54. The summed E-state index contributed by atoms with van der Waals surface area (Å²) in [6, 6.07) is 11.9. The fourth-order valence-electron chi connectivity index (χ4n) is 2.14. The Morgan fingerprint density at radius 1 is 1.10 bits per heavy atom. The van der Waals surface area contributed by atoms with Crippen LogP contribution in [-0.4, -0.2) is 14.8 Å². The van der Waals surface area contributed by atoms with Gasteiger partial charge in [0.1, 0.15) is 11.5 Å². The minimum atomic E-state index is 0.635. The minimum Gasteiger partial charge on any atom is -0.383 e. The zero-order chi connectivity index (χ0) is 14.1. The number of anilines is 1. The highest BCUT2D eigenvalue weighted by atomic mass is 79.9. The first kappa shape index (κ1) is 12.9. The van der Waals surface area contributed by atoms with Gasteiger partial charge in [0.2, 0.25) is 0 Å². The second-order valence-corrected chi connectivity index (χ2v) is 5.40. The number of rotatable bonds is 2. The van der Waals surface area contributed by atoms with E-state index < -0.39 is 0 Å². The molecular weight excluding hydrogens is 316 g/mol. The second-order valence-electron chi connectivity index (χ2n) is 4.48. The summed E-state index contributed by atoms with van der Waals surface area (Å²) in [7, 11) is 1.84. The summed E-state index contributed by atoms with van der Waals surface area (Å²) in [6.07, 6.45) is 3.55. The first-order chi connectivity index (χ1) is 9.66. The molecule has 5 heteroatoms. The largest absolute Gasteiger partial charge is 0.383 e. The Labute approximate surface area is 125 Å². The monoisotopic (exact) mass is 328 g/mol. The van der Waals surface area contributed by atoms with E-state index in [1.807, 2.05) is 43.4 Å². The van der Waals surface area contributed by atoms with E-state index in [0.717, 1.165) is 26.9 Å². The van der Waals surface area contributed by atoms with Gasteiger partial charge in [-0.2, -0.15) is 5.10 Å². The van der Waals surface area contributed by atoms with E-state index in [-0.39, 0.29) is 0 Å². The maximum atomic E-state index is 6.17. The number of pyridine rings is 1. The van der Waals surface area contributed by atoms with Crippen LogP contribution in [0.15, 0.2) is 53.3 Å². The predicted octanol–water partition coefficient (Wildman–Crippen LogP) is 3.49. The van der Waals surface area contributed by atoms with Gasteiger partial charge in [-0.3, -0.25) is 9.67 Å². The summed E-state index contributed by atoms with van der Waals surface area (Å²) >= 11 is 3.44. The molecule has 0 fully saturated rings. The van der Waals surface area contributed by atoms with Crippen molar-refractivity contribution in [3.63, 3.8) is 0 Å². The van der Waals surface area contributed by atoms with Crippen molar-refractivity contribution in [2.45, 2.75) is 0 Å². The number of aromatic nitrogens is 3. The van der Waals surface area contributed by atoms with Crippen LogP contribution in [0.2, 0.25) is 0 Å². The van der Waals surface area contributed by atoms with E-state index in [0.29, 0.717) is 5.82 Å². The molecule has 4 nitrogen and oxygen atoms in total. The van der Waals surface area contributed by atoms with Crippen molar-refractivity contribution in [3.8, 4) is 22.4 Å². The molecule has 3 aromatic rings. The maximum absolute atomic E-state index is 6.17. The smallest absolute Gasteiger partial charge is 0.129 e. The number of benzene rings is 1. The third-order valence-corrected chi connectivity index (χ3v) is 3.69. The summed E-state index contributed by atoms with van der Waals surface area (Å²) in [6.45, 7) is 0. The topological polar surface area (TPSA) is 56.7 Å². The molecular formula is C15H13BrN4. The van der Waals surface area contributed by atoms with Crippen LogP contribution in [0.5, 0.6) is 0 Å². The van der Waals surface area contributed by atoms with E-state index in [9.17, 15) is 0 Å². The summed E-state index contributed by atoms with van der Waals surface area (Å²) in [5.74, 6) is 0.635. The Morgan fingerprint density at radius 2 is 1.85 bits per heavy atom. The Kier molecular flexibility index (Phi) is 3.28. The van der Waals surface area contributed by atoms with Crippen LogP contribution in [0.1, 0.15) is 0 Å². The van der Waals surface area contributed by atoms with Crippen LogP contribution in [-0.2, 0) is 7.05 Å². The number of nitrogen functional groups attached to an aromatic ring is 1. The van der Waals surface area contributed by atoms with Gasteiger partial charge in [-0.05, 0) is 18.2 Å². The van der Waals surface area contributed by atoms with Gasteiger partial charge in [0, 0.05) is 35.0 Å². The van der Waals surface area contributed by atoms with Gasteiger partial charge in [0.05, 0.1) is 5.56 Å². The molecule has 2 aromatic heterocycles. The zero-order valence-corrected chi connectivity index (χ0v) is 12.5. The summed E-state index contributed by atoms with van der Waals surface area (Å²) in [4.78, 5) is 4.16. The Hall–Kier alpha value is -2.14. The molecule has 0 atom stereocenters. The highest BCUT2D eigenvalue weighted by Gasteiger charge is 2.17. The Balaban J connectivity index is 2.22. The molecule has 3 rings (SSSR count). The van der Waals surface area contributed by atoms with Gasteiger partial charge >= 0.3 is 0 Å². The molecule has 0 bridgehead atoms. The highest BCUT2D eigenvalue weighted by molar-refractivity contribution is 9.10. The fourth-order valence-corrected chi connectivity index (χ4v) is 2.41. The standard InChI is InChI=1S/C15H13BrN4/c1-20-15(17)13(11-3-2-8-18-9-11)14(19-20)10-4-6-12(16)7-5-10/h2-9H,17H2,1H3. The third kappa shape index (κ3) is 2.20. The van der Waals surface area contributed by atoms with Gasteiger partial charge in [-0.25, -0.2) is 0 Å². The number of nitrogens with zero attached hydrogens (tertiary/aromatic N) is 3. The maximum Gasteiger partial charge on any atom is 0.129 e. The molecule has 20 heavy (non-hydrogen) atoms. The van der Waals surface area contributed by atoms with Crippen LogP contribution in [0.25, 0.3) is 22.4 Å². The summed E-state index contributed by atoms with van der Waals surface area (Å²) < 4.78 is 2.73. The van der Waals surface area contributed by atoms with Crippen molar-refractivity contribution in [2.75, 3.05) is 5.73 Å². The Morgan fingerprint density at radius 3 is 2.50 bits per heavy atom.